The number of hydrogen-bond acceptors (Lipinski definition) is 2. The second-order valence-corrected chi connectivity index (χ2v) is 6.76. The molecule has 4 rings (SSSR count). The van der Waals surface area contributed by atoms with Crippen molar-refractivity contribution in [1.29, 1.82) is 0 Å². The maximum absolute atomic E-state index is 6.36. The molecule has 2 aliphatic rings. The fraction of sp³-hybridized carbons (Fsp3) is 0.368. The zero-order chi connectivity index (χ0) is 14.9. The van der Waals surface area contributed by atoms with Crippen LogP contribution in [0.5, 0.6) is 5.75 Å². The molecule has 2 aromatic carbocycles. The molecule has 22 heavy (non-hydrogen) atoms. The number of halogens is 1. The van der Waals surface area contributed by atoms with E-state index in [0.717, 1.165) is 34.7 Å². The maximum Gasteiger partial charge on any atom is 0.120 e. The number of fused-ring (bicyclic) bond motifs is 2. The number of ether oxygens (including phenoxy) is 1. The van der Waals surface area contributed by atoms with Gasteiger partial charge in [-0.3, -0.25) is 0 Å². The van der Waals surface area contributed by atoms with Crippen LogP contribution >= 0.6 is 11.6 Å². The minimum atomic E-state index is 0.323. The lowest BCUT2D eigenvalue weighted by atomic mass is 10.0. The molecule has 2 fully saturated rings. The van der Waals surface area contributed by atoms with Gasteiger partial charge in [-0.2, -0.15) is 0 Å². The van der Waals surface area contributed by atoms with Gasteiger partial charge in [-0.15, -0.1) is 0 Å². The number of rotatable bonds is 3. The molecule has 0 aliphatic carbocycles. The van der Waals surface area contributed by atoms with Gasteiger partial charge in [0.2, 0.25) is 0 Å². The van der Waals surface area contributed by atoms with Crippen molar-refractivity contribution in [2.75, 3.05) is 0 Å². The first kappa shape index (κ1) is 14.1. The predicted molar refractivity (Wildman–Crippen MR) is 90.5 cm³/mol. The third kappa shape index (κ3) is 2.86. The van der Waals surface area contributed by atoms with E-state index in [1.807, 2.05) is 30.3 Å². The molecular weight excluding hydrogens is 294 g/mol. The van der Waals surface area contributed by atoms with E-state index in [-0.39, 0.29) is 0 Å². The summed E-state index contributed by atoms with van der Waals surface area (Å²) in [6.07, 6.45) is 5.13. The van der Waals surface area contributed by atoms with Crippen molar-refractivity contribution in [2.45, 2.75) is 43.9 Å². The summed E-state index contributed by atoms with van der Waals surface area (Å²) in [5.41, 5.74) is 2.17. The Morgan fingerprint density at radius 1 is 0.955 bits per heavy atom. The SMILES string of the molecule is Clc1ccc(O[C@@H]2C[C@H]3CC[C@@H](C2)N3)cc1-c1ccccc1. The van der Waals surface area contributed by atoms with E-state index in [1.165, 1.54) is 12.8 Å². The van der Waals surface area contributed by atoms with Gasteiger partial charge in [-0.1, -0.05) is 41.9 Å². The quantitative estimate of drug-likeness (QED) is 0.889. The van der Waals surface area contributed by atoms with E-state index in [4.69, 9.17) is 16.3 Å². The summed E-state index contributed by atoms with van der Waals surface area (Å²) >= 11 is 6.36. The van der Waals surface area contributed by atoms with Crippen LogP contribution < -0.4 is 10.1 Å². The van der Waals surface area contributed by atoms with Crippen molar-refractivity contribution in [3.05, 3.63) is 53.6 Å². The van der Waals surface area contributed by atoms with Gasteiger partial charge in [-0.25, -0.2) is 0 Å². The summed E-state index contributed by atoms with van der Waals surface area (Å²) in [7, 11) is 0. The highest BCUT2D eigenvalue weighted by Crippen LogP contribution is 2.34. The first-order valence-corrected chi connectivity index (χ1v) is 8.43. The minimum absolute atomic E-state index is 0.323. The molecule has 2 nitrogen and oxygen atoms in total. The van der Waals surface area contributed by atoms with Gasteiger partial charge in [0.15, 0.2) is 0 Å². The summed E-state index contributed by atoms with van der Waals surface area (Å²) in [6.45, 7) is 0. The molecule has 2 bridgehead atoms. The molecule has 0 saturated carbocycles. The molecule has 2 aromatic rings. The summed E-state index contributed by atoms with van der Waals surface area (Å²) in [4.78, 5) is 0. The Bertz CT molecular complexity index is 646. The molecule has 0 amide bonds. The van der Waals surface area contributed by atoms with Gasteiger partial charge >= 0.3 is 0 Å². The van der Waals surface area contributed by atoms with Gasteiger partial charge in [0.05, 0.1) is 0 Å². The Hall–Kier alpha value is -1.51. The standard InChI is InChI=1S/C19H20ClNO/c20-19-9-8-16(12-18(19)13-4-2-1-3-5-13)22-17-10-14-6-7-15(11-17)21-14/h1-5,8-9,12,14-15,17,21H,6-7,10-11H2/t14-,15+,17-. The Morgan fingerprint density at radius 3 is 2.41 bits per heavy atom. The lowest BCUT2D eigenvalue weighted by Crippen LogP contribution is -2.42. The number of hydrogen-bond donors (Lipinski definition) is 1. The summed E-state index contributed by atoms with van der Waals surface area (Å²) in [5.74, 6) is 0.926. The predicted octanol–water partition coefficient (Wildman–Crippen LogP) is 4.67. The number of piperidine rings is 1. The lowest BCUT2D eigenvalue weighted by molar-refractivity contribution is 0.137. The molecule has 0 aromatic heterocycles. The Labute approximate surface area is 136 Å². The molecule has 2 aliphatic heterocycles. The molecule has 114 valence electrons. The molecule has 0 spiro atoms. The highest BCUT2D eigenvalue weighted by Gasteiger charge is 2.34. The Morgan fingerprint density at radius 2 is 1.68 bits per heavy atom. The van der Waals surface area contributed by atoms with Crippen LogP contribution in [-0.2, 0) is 0 Å². The molecule has 2 saturated heterocycles. The molecular formula is C19H20ClNO. The van der Waals surface area contributed by atoms with Gasteiger partial charge in [0.1, 0.15) is 11.9 Å². The van der Waals surface area contributed by atoms with Gasteiger partial charge in [0, 0.05) is 22.7 Å². The van der Waals surface area contributed by atoms with E-state index in [2.05, 4.69) is 23.5 Å². The van der Waals surface area contributed by atoms with Crippen LogP contribution in [0.3, 0.4) is 0 Å². The van der Waals surface area contributed by atoms with Crippen LogP contribution in [0.2, 0.25) is 5.02 Å². The van der Waals surface area contributed by atoms with E-state index >= 15 is 0 Å². The average Bonchev–Trinajstić information content (AvgIpc) is 2.89. The van der Waals surface area contributed by atoms with Gasteiger partial charge in [-0.05, 0) is 49.4 Å². The summed E-state index contributed by atoms with van der Waals surface area (Å²) in [5, 5.41) is 4.42. The fourth-order valence-corrected chi connectivity index (χ4v) is 3.94. The second kappa shape index (κ2) is 5.94. The fourth-order valence-electron chi connectivity index (χ4n) is 3.71. The smallest absolute Gasteiger partial charge is 0.120 e. The third-order valence-electron chi connectivity index (χ3n) is 4.76. The molecule has 0 unspecified atom stereocenters. The molecule has 3 heteroatoms. The summed E-state index contributed by atoms with van der Waals surface area (Å²) < 4.78 is 6.25. The van der Waals surface area contributed by atoms with Crippen LogP contribution in [0, 0.1) is 0 Å². The van der Waals surface area contributed by atoms with Crippen LogP contribution in [-0.4, -0.2) is 18.2 Å². The molecule has 1 N–H and O–H groups in total. The normalized spacial score (nSPS) is 26.9. The van der Waals surface area contributed by atoms with Crippen molar-refractivity contribution in [1.82, 2.24) is 5.32 Å². The first-order chi connectivity index (χ1) is 10.8. The number of nitrogens with one attached hydrogen (secondary N) is 1. The van der Waals surface area contributed by atoms with Gasteiger partial charge < -0.3 is 10.1 Å². The molecule has 0 radical (unpaired) electrons. The highest BCUT2D eigenvalue weighted by atomic mass is 35.5. The van der Waals surface area contributed by atoms with E-state index in [1.54, 1.807) is 0 Å². The van der Waals surface area contributed by atoms with Crippen LogP contribution in [0.25, 0.3) is 11.1 Å². The van der Waals surface area contributed by atoms with Crippen molar-refractivity contribution in [3.8, 4) is 16.9 Å². The van der Waals surface area contributed by atoms with E-state index in [0.29, 0.717) is 18.2 Å². The van der Waals surface area contributed by atoms with Crippen molar-refractivity contribution >= 4 is 11.6 Å². The van der Waals surface area contributed by atoms with Crippen LogP contribution in [0.4, 0.5) is 0 Å². The number of benzene rings is 2. The third-order valence-corrected chi connectivity index (χ3v) is 5.08. The van der Waals surface area contributed by atoms with Crippen LogP contribution in [0.1, 0.15) is 25.7 Å². The van der Waals surface area contributed by atoms with Gasteiger partial charge in [0.25, 0.3) is 0 Å². The zero-order valence-corrected chi connectivity index (χ0v) is 13.2. The molecule has 2 heterocycles. The van der Waals surface area contributed by atoms with Crippen molar-refractivity contribution < 1.29 is 4.74 Å². The Kier molecular flexibility index (Phi) is 3.81. The summed E-state index contributed by atoms with van der Waals surface area (Å²) in [6, 6.07) is 17.5. The first-order valence-electron chi connectivity index (χ1n) is 8.05. The maximum atomic E-state index is 6.36. The average molecular weight is 314 g/mol. The monoisotopic (exact) mass is 313 g/mol. The van der Waals surface area contributed by atoms with Crippen molar-refractivity contribution in [2.24, 2.45) is 0 Å². The highest BCUT2D eigenvalue weighted by molar-refractivity contribution is 6.33. The second-order valence-electron chi connectivity index (χ2n) is 6.36. The molecule has 3 atom stereocenters. The Balaban J connectivity index is 1.55. The topological polar surface area (TPSA) is 21.3 Å². The lowest BCUT2D eigenvalue weighted by Gasteiger charge is -2.29. The largest absolute Gasteiger partial charge is 0.490 e. The zero-order valence-electron chi connectivity index (χ0n) is 12.5. The van der Waals surface area contributed by atoms with E-state index in [9.17, 15) is 0 Å². The van der Waals surface area contributed by atoms with Crippen molar-refractivity contribution in [3.63, 3.8) is 0 Å². The van der Waals surface area contributed by atoms with Crippen LogP contribution in [0.15, 0.2) is 48.5 Å². The van der Waals surface area contributed by atoms with E-state index < -0.39 is 0 Å². The minimum Gasteiger partial charge on any atom is -0.490 e.